The number of hydrogen-bond acceptors (Lipinski definition) is 3. The van der Waals surface area contributed by atoms with Gasteiger partial charge >= 0.3 is 0 Å². The van der Waals surface area contributed by atoms with E-state index in [9.17, 15) is 0 Å². The lowest BCUT2D eigenvalue weighted by Crippen LogP contribution is -2.13. The van der Waals surface area contributed by atoms with Gasteiger partial charge < -0.3 is 0 Å². The summed E-state index contributed by atoms with van der Waals surface area (Å²) in [4.78, 5) is 6.05. The fourth-order valence-corrected chi connectivity index (χ4v) is 2.79. The molecule has 1 aromatic rings. The first kappa shape index (κ1) is 12.1. The molecule has 1 rings (SSSR count). The third-order valence-electron chi connectivity index (χ3n) is 2.06. The molecular formula is C11H19NS2. The van der Waals surface area contributed by atoms with Gasteiger partial charge in [0.05, 0.1) is 10.7 Å². The van der Waals surface area contributed by atoms with Gasteiger partial charge in [0, 0.05) is 22.0 Å². The molecule has 0 aliphatic rings. The van der Waals surface area contributed by atoms with Gasteiger partial charge in [0.2, 0.25) is 0 Å². The first-order valence-corrected chi connectivity index (χ1v) is 6.42. The maximum absolute atomic E-state index is 4.72. The Morgan fingerprint density at radius 3 is 2.21 bits per heavy atom. The lowest BCUT2D eigenvalue weighted by Gasteiger charge is -2.16. The highest BCUT2D eigenvalue weighted by Crippen LogP contribution is 2.33. The number of thiol groups is 1. The van der Waals surface area contributed by atoms with Gasteiger partial charge in [-0.05, 0) is 0 Å². The number of thiazole rings is 1. The Hall–Kier alpha value is -0.0200. The van der Waals surface area contributed by atoms with Crippen LogP contribution in [0, 0.1) is 0 Å². The largest absolute Gasteiger partial charge is 0.245 e. The molecule has 0 aliphatic heterocycles. The van der Waals surface area contributed by atoms with Crippen LogP contribution in [-0.4, -0.2) is 4.98 Å². The van der Waals surface area contributed by atoms with Crippen molar-refractivity contribution in [2.24, 2.45) is 0 Å². The van der Waals surface area contributed by atoms with Gasteiger partial charge in [-0.3, -0.25) is 0 Å². The quantitative estimate of drug-likeness (QED) is 0.757. The molecule has 0 saturated heterocycles. The summed E-state index contributed by atoms with van der Waals surface area (Å²) in [6.07, 6.45) is 0. The zero-order valence-electron chi connectivity index (χ0n) is 9.59. The van der Waals surface area contributed by atoms with Crippen LogP contribution in [0.15, 0.2) is 0 Å². The molecule has 14 heavy (non-hydrogen) atoms. The summed E-state index contributed by atoms with van der Waals surface area (Å²) >= 11 is 6.17. The van der Waals surface area contributed by atoms with Crippen LogP contribution in [0.3, 0.4) is 0 Å². The zero-order chi connectivity index (χ0) is 10.9. The lowest BCUT2D eigenvalue weighted by molar-refractivity contribution is 0.565. The van der Waals surface area contributed by atoms with Crippen molar-refractivity contribution in [3.05, 3.63) is 15.6 Å². The molecule has 1 aromatic heterocycles. The second-order valence-electron chi connectivity index (χ2n) is 4.89. The lowest BCUT2D eigenvalue weighted by atomic mass is 9.91. The molecule has 0 amide bonds. The molecule has 0 saturated carbocycles. The van der Waals surface area contributed by atoms with E-state index in [-0.39, 0.29) is 5.41 Å². The Bertz CT molecular complexity index is 308. The van der Waals surface area contributed by atoms with E-state index >= 15 is 0 Å². The maximum atomic E-state index is 4.72. The van der Waals surface area contributed by atoms with Crippen LogP contribution in [0.5, 0.6) is 0 Å². The number of rotatable bonds is 2. The summed E-state index contributed by atoms with van der Waals surface area (Å²) in [5.74, 6) is 1.33. The third kappa shape index (κ3) is 2.51. The number of nitrogens with zero attached hydrogens (tertiary/aromatic N) is 1. The molecule has 1 nitrogen and oxygen atoms in total. The molecule has 80 valence electrons. The van der Waals surface area contributed by atoms with E-state index in [0.29, 0.717) is 5.92 Å². The molecule has 1 heterocycles. The predicted octanol–water partition coefficient (Wildman–Crippen LogP) is 3.99. The molecule has 0 atom stereocenters. The molecule has 0 radical (unpaired) electrons. The van der Waals surface area contributed by atoms with Crippen LogP contribution in [0.25, 0.3) is 0 Å². The van der Waals surface area contributed by atoms with Crippen molar-refractivity contribution in [1.82, 2.24) is 4.98 Å². The predicted molar refractivity (Wildman–Crippen MR) is 67.6 cm³/mol. The molecule has 0 unspecified atom stereocenters. The number of hydrogen-bond donors (Lipinski definition) is 1. The van der Waals surface area contributed by atoms with Gasteiger partial charge in [-0.1, -0.05) is 34.6 Å². The second-order valence-corrected chi connectivity index (χ2v) is 6.32. The van der Waals surface area contributed by atoms with Crippen molar-refractivity contribution in [2.45, 2.75) is 51.7 Å². The SMILES string of the molecule is CC(C)c1nc(C(C)(C)C)c(CS)s1. The first-order valence-electron chi connectivity index (χ1n) is 4.97. The van der Waals surface area contributed by atoms with Gasteiger partial charge in [0.1, 0.15) is 0 Å². The Morgan fingerprint density at radius 2 is 1.93 bits per heavy atom. The van der Waals surface area contributed by atoms with Crippen molar-refractivity contribution in [3.8, 4) is 0 Å². The van der Waals surface area contributed by atoms with Gasteiger partial charge in [0.25, 0.3) is 0 Å². The summed E-state index contributed by atoms with van der Waals surface area (Å²) in [6.45, 7) is 11.0. The molecule has 0 bridgehead atoms. The first-order chi connectivity index (χ1) is 6.36. The van der Waals surface area contributed by atoms with Crippen molar-refractivity contribution in [1.29, 1.82) is 0 Å². The minimum atomic E-state index is 0.141. The van der Waals surface area contributed by atoms with Crippen LogP contribution in [0.1, 0.15) is 56.1 Å². The average Bonchev–Trinajstić information content (AvgIpc) is 2.46. The highest BCUT2D eigenvalue weighted by atomic mass is 32.1. The minimum absolute atomic E-state index is 0.141. The summed E-state index contributed by atoms with van der Waals surface area (Å²) in [6, 6.07) is 0. The van der Waals surface area contributed by atoms with E-state index in [4.69, 9.17) is 4.98 Å². The van der Waals surface area contributed by atoms with E-state index in [1.807, 2.05) is 0 Å². The Kier molecular flexibility index (Phi) is 3.64. The fourth-order valence-electron chi connectivity index (χ4n) is 1.31. The highest BCUT2D eigenvalue weighted by molar-refractivity contribution is 7.79. The third-order valence-corrected chi connectivity index (χ3v) is 3.95. The topological polar surface area (TPSA) is 12.9 Å². The summed E-state index contributed by atoms with van der Waals surface area (Å²) in [5, 5.41) is 1.24. The smallest absolute Gasteiger partial charge is 0.0957 e. The van der Waals surface area contributed by atoms with Gasteiger partial charge in [-0.2, -0.15) is 12.6 Å². The standard InChI is InChI=1S/C11H19NS2/c1-7(2)10-12-9(11(3,4)5)8(6-13)14-10/h7,13H,6H2,1-5H3. The van der Waals surface area contributed by atoms with Gasteiger partial charge in [-0.15, -0.1) is 11.3 Å². The molecule has 0 spiro atoms. The minimum Gasteiger partial charge on any atom is -0.245 e. The highest BCUT2D eigenvalue weighted by Gasteiger charge is 2.23. The summed E-state index contributed by atoms with van der Waals surface area (Å²) < 4.78 is 0. The van der Waals surface area contributed by atoms with Crippen molar-refractivity contribution >= 4 is 24.0 Å². The molecular weight excluding hydrogens is 210 g/mol. The van der Waals surface area contributed by atoms with E-state index in [2.05, 4.69) is 47.2 Å². The summed E-state index contributed by atoms with van der Waals surface area (Å²) in [7, 11) is 0. The van der Waals surface area contributed by atoms with E-state index in [1.165, 1.54) is 15.6 Å². The summed E-state index contributed by atoms with van der Waals surface area (Å²) in [5.41, 5.74) is 1.36. The Balaban J connectivity index is 3.16. The van der Waals surface area contributed by atoms with E-state index in [1.54, 1.807) is 11.3 Å². The monoisotopic (exact) mass is 229 g/mol. The van der Waals surface area contributed by atoms with Crippen LogP contribution >= 0.6 is 24.0 Å². The average molecular weight is 229 g/mol. The maximum Gasteiger partial charge on any atom is 0.0957 e. The van der Waals surface area contributed by atoms with E-state index < -0.39 is 0 Å². The Morgan fingerprint density at radius 1 is 1.36 bits per heavy atom. The molecule has 0 fully saturated rings. The van der Waals surface area contributed by atoms with Crippen molar-refractivity contribution in [3.63, 3.8) is 0 Å². The molecule has 0 aromatic carbocycles. The van der Waals surface area contributed by atoms with Crippen LogP contribution in [-0.2, 0) is 11.2 Å². The fraction of sp³-hybridized carbons (Fsp3) is 0.727. The van der Waals surface area contributed by atoms with Crippen molar-refractivity contribution in [2.75, 3.05) is 0 Å². The van der Waals surface area contributed by atoms with E-state index in [0.717, 1.165) is 5.75 Å². The van der Waals surface area contributed by atoms with Gasteiger partial charge in [0.15, 0.2) is 0 Å². The number of aromatic nitrogens is 1. The van der Waals surface area contributed by atoms with Crippen LogP contribution < -0.4 is 0 Å². The molecule has 0 aliphatic carbocycles. The molecule has 3 heteroatoms. The van der Waals surface area contributed by atoms with Gasteiger partial charge in [-0.25, -0.2) is 4.98 Å². The second kappa shape index (κ2) is 4.23. The normalized spacial score (nSPS) is 12.5. The molecule has 0 N–H and O–H groups in total. The zero-order valence-corrected chi connectivity index (χ0v) is 11.3. The van der Waals surface area contributed by atoms with Crippen molar-refractivity contribution < 1.29 is 0 Å². The Labute approximate surface area is 96.4 Å². The van der Waals surface area contributed by atoms with Crippen LogP contribution in [0.4, 0.5) is 0 Å². The van der Waals surface area contributed by atoms with Crippen LogP contribution in [0.2, 0.25) is 0 Å².